The second-order valence-corrected chi connectivity index (χ2v) is 7.11. The van der Waals surface area contributed by atoms with Crippen LogP contribution in [0.4, 0.5) is 8.78 Å². The predicted molar refractivity (Wildman–Crippen MR) is 70.1 cm³/mol. The molecule has 1 aliphatic heterocycles. The Morgan fingerprint density at radius 2 is 1.95 bits per heavy atom. The lowest BCUT2D eigenvalue weighted by atomic mass is 10.0. The molecule has 0 amide bonds. The highest BCUT2D eigenvalue weighted by Gasteiger charge is 2.26. The van der Waals surface area contributed by atoms with Crippen LogP contribution in [0, 0.1) is 11.6 Å². The highest BCUT2D eigenvalue weighted by Crippen LogP contribution is 2.15. The maximum absolute atomic E-state index is 13.4. The first kappa shape index (κ1) is 15.1. The Labute approximate surface area is 116 Å². The van der Waals surface area contributed by atoms with Crippen molar-refractivity contribution in [2.75, 3.05) is 18.1 Å². The van der Waals surface area contributed by atoms with E-state index in [-0.39, 0.29) is 35.7 Å². The number of benzene rings is 1. The van der Waals surface area contributed by atoms with Gasteiger partial charge in [0.2, 0.25) is 0 Å². The van der Waals surface area contributed by atoms with Gasteiger partial charge in [0.15, 0.2) is 9.84 Å². The molecule has 1 atom stereocenters. The van der Waals surface area contributed by atoms with Crippen molar-refractivity contribution < 1.29 is 22.0 Å². The fourth-order valence-corrected chi connectivity index (χ4v) is 3.69. The van der Waals surface area contributed by atoms with E-state index in [0.29, 0.717) is 6.54 Å². The Hall–Kier alpha value is -1.34. The number of carbonyl (C=O) groups is 1. The minimum absolute atomic E-state index is 0.0486. The topological polar surface area (TPSA) is 63.2 Å². The Bertz CT molecular complexity index is 596. The lowest BCUT2D eigenvalue weighted by Gasteiger charge is -2.23. The van der Waals surface area contributed by atoms with Gasteiger partial charge in [-0.25, -0.2) is 17.2 Å². The van der Waals surface area contributed by atoms with Gasteiger partial charge in [0.25, 0.3) is 0 Å². The van der Waals surface area contributed by atoms with Gasteiger partial charge in [-0.2, -0.15) is 0 Å². The van der Waals surface area contributed by atoms with Crippen LogP contribution in [-0.4, -0.2) is 38.3 Å². The van der Waals surface area contributed by atoms with Gasteiger partial charge in [0, 0.05) is 31.0 Å². The van der Waals surface area contributed by atoms with E-state index in [0.717, 1.165) is 12.1 Å². The average molecular weight is 303 g/mol. The summed E-state index contributed by atoms with van der Waals surface area (Å²) >= 11 is 0. The van der Waals surface area contributed by atoms with Crippen molar-refractivity contribution in [1.29, 1.82) is 0 Å². The number of ketones is 1. The molecular formula is C13H15F2NO3S. The lowest BCUT2D eigenvalue weighted by Crippen LogP contribution is -2.46. The van der Waals surface area contributed by atoms with Crippen LogP contribution in [0.5, 0.6) is 0 Å². The van der Waals surface area contributed by atoms with Gasteiger partial charge in [-0.15, -0.1) is 0 Å². The second kappa shape index (κ2) is 5.97. The van der Waals surface area contributed by atoms with Crippen LogP contribution >= 0.6 is 0 Å². The maximum Gasteiger partial charge on any atom is 0.153 e. The summed E-state index contributed by atoms with van der Waals surface area (Å²) in [7, 11) is -3.13. The maximum atomic E-state index is 13.4. The third-order valence-electron chi connectivity index (χ3n) is 3.21. The second-order valence-electron chi connectivity index (χ2n) is 4.89. The third-order valence-corrected chi connectivity index (χ3v) is 4.95. The molecule has 0 aromatic heterocycles. The van der Waals surface area contributed by atoms with Crippen molar-refractivity contribution in [2.45, 2.75) is 18.9 Å². The molecule has 110 valence electrons. The minimum atomic E-state index is -3.13. The Morgan fingerprint density at radius 1 is 1.30 bits per heavy atom. The normalized spacial score (nSPS) is 21.6. The summed E-state index contributed by atoms with van der Waals surface area (Å²) in [6, 6.07) is 2.94. The van der Waals surface area contributed by atoms with Crippen LogP contribution in [0.25, 0.3) is 0 Å². The fourth-order valence-electron chi connectivity index (χ4n) is 2.24. The van der Waals surface area contributed by atoms with Crippen LogP contribution in [0.3, 0.4) is 0 Å². The van der Waals surface area contributed by atoms with E-state index in [1.807, 2.05) is 0 Å². The minimum Gasteiger partial charge on any atom is -0.312 e. The molecule has 1 unspecified atom stereocenters. The van der Waals surface area contributed by atoms with Crippen LogP contribution in [0.2, 0.25) is 0 Å². The zero-order valence-corrected chi connectivity index (χ0v) is 11.6. The number of carbonyl (C=O) groups excluding carboxylic acids is 1. The van der Waals surface area contributed by atoms with Gasteiger partial charge in [-0.1, -0.05) is 6.07 Å². The van der Waals surface area contributed by atoms with Crippen molar-refractivity contribution in [2.24, 2.45) is 0 Å². The molecule has 0 radical (unpaired) electrons. The number of nitrogens with one attached hydrogen (secondary N) is 1. The summed E-state index contributed by atoms with van der Waals surface area (Å²) in [5.41, 5.74) is -0.267. The van der Waals surface area contributed by atoms with E-state index in [2.05, 4.69) is 5.32 Å². The van der Waals surface area contributed by atoms with Gasteiger partial charge in [0.05, 0.1) is 11.5 Å². The summed E-state index contributed by atoms with van der Waals surface area (Å²) in [5.74, 6) is -1.97. The molecule has 20 heavy (non-hydrogen) atoms. The zero-order valence-electron chi connectivity index (χ0n) is 10.7. The van der Waals surface area contributed by atoms with Crippen molar-refractivity contribution in [3.63, 3.8) is 0 Å². The van der Waals surface area contributed by atoms with E-state index in [4.69, 9.17) is 0 Å². The molecule has 1 aliphatic rings. The Morgan fingerprint density at radius 3 is 2.55 bits per heavy atom. The van der Waals surface area contributed by atoms with Crippen molar-refractivity contribution in [1.82, 2.24) is 5.32 Å². The number of halogens is 2. The largest absolute Gasteiger partial charge is 0.312 e. The van der Waals surface area contributed by atoms with E-state index in [1.54, 1.807) is 0 Å². The summed E-state index contributed by atoms with van der Waals surface area (Å²) in [6.45, 7) is 0.300. The number of hydrogen-bond acceptors (Lipinski definition) is 4. The molecule has 0 spiro atoms. The van der Waals surface area contributed by atoms with E-state index in [9.17, 15) is 22.0 Å². The highest BCUT2D eigenvalue weighted by atomic mass is 32.2. The van der Waals surface area contributed by atoms with Crippen LogP contribution in [0.1, 0.15) is 12.0 Å². The van der Waals surface area contributed by atoms with Crippen molar-refractivity contribution in [3.8, 4) is 0 Å². The quantitative estimate of drug-likeness (QED) is 0.896. The third kappa shape index (κ3) is 3.83. The van der Waals surface area contributed by atoms with Gasteiger partial charge < -0.3 is 5.32 Å². The summed E-state index contributed by atoms with van der Waals surface area (Å²) in [6.07, 6.45) is -0.413. The predicted octanol–water partition coefficient (Wildman–Crippen LogP) is 0.853. The fraction of sp³-hybridized carbons (Fsp3) is 0.462. The Balaban J connectivity index is 1.99. The van der Waals surface area contributed by atoms with Gasteiger partial charge in [-0.3, -0.25) is 4.79 Å². The highest BCUT2D eigenvalue weighted by molar-refractivity contribution is 7.91. The monoisotopic (exact) mass is 303 g/mol. The first-order valence-electron chi connectivity index (χ1n) is 6.26. The van der Waals surface area contributed by atoms with Crippen LogP contribution < -0.4 is 5.32 Å². The smallest absolute Gasteiger partial charge is 0.153 e. The van der Waals surface area contributed by atoms with Gasteiger partial charge >= 0.3 is 0 Å². The van der Waals surface area contributed by atoms with Crippen molar-refractivity contribution >= 4 is 15.6 Å². The first-order chi connectivity index (χ1) is 9.37. The number of sulfone groups is 1. The van der Waals surface area contributed by atoms with Gasteiger partial charge in [0.1, 0.15) is 17.4 Å². The number of rotatable bonds is 4. The number of Topliss-reactive ketones (excluding diaryl/α,β-unsaturated/α-hetero) is 1. The molecular weight excluding hydrogens is 288 g/mol. The lowest BCUT2D eigenvalue weighted by molar-refractivity contribution is -0.118. The molecule has 0 saturated carbocycles. The Kier molecular flexibility index (Phi) is 4.49. The molecule has 1 heterocycles. The molecule has 0 aliphatic carbocycles. The number of hydrogen-bond donors (Lipinski definition) is 1. The molecule has 0 bridgehead atoms. The summed E-state index contributed by atoms with van der Waals surface area (Å²) in [4.78, 5) is 11.8. The molecule has 1 aromatic rings. The van der Waals surface area contributed by atoms with Gasteiger partial charge in [-0.05, 0) is 12.1 Å². The van der Waals surface area contributed by atoms with E-state index in [1.165, 1.54) is 6.07 Å². The zero-order chi connectivity index (χ0) is 14.8. The molecule has 2 rings (SSSR count). The SMILES string of the molecule is O=C(Cc1c(F)cccc1F)CC1CS(=O)(=O)CCN1. The standard InChI is InChI=1S/C13H15F2NO3S/c14-12-2-1-3-13(15)11(12)7-10(17)6-9-8-20(18,19)5-4-16-9/h1-3,9,16H,4-8H2. The molecule has 1 fully saturated rings. The molecule has 7 heteroatoms. The molecule has 1 saturated heterocycles. The summed E-state index contributed by atoms with van der Waals surface area (Å²) < 4.78 is 49.7. The van der Waals surface area contributed by atoms with Crippen LogP contribution in [0.15, 0.2) is 18.2 Å². The van der Waals surface area contributed by atoms with E-state index >= 15 is 0 Å². The molecule has 4 nitrogen and oxygen atoms in total. The first-order valence-corrected chi connectivity index (χ1v) is 8.08. The van der Waals surface area contributed by atoms with E-state index < -0.39 is 27.5 Å². The van der Waals surface area contributed by atoms with Crippen LogP contribution in [-0.2, 0) is 21.1 Å². The molecule has 1 N–H and O–H groups in total. The summed E-state index contributed by atoms with van der Waals surface area (Å²) in [5, 5.41) is 2.93. The molecule has 1 aromatic carbocycles. The van der Waals surface area contributed by atoms with Crippen molar-refractivity contribution in [3.05, 3.63) is 35.4 Å². The average Bonchev–Trinajstić information content (AvgIpc) is 2.33.